The molecule has 182 valence electrons. The van der Waals surface area contributed by atoms with Crippen LogP contribution >= 0.6 is 22.9 Å². The number of thiazole rings is 1. The van der Waals surface area contributed by atoms with E-state index < -0.39 is 0 Å². The van der Waals surface area contributed by atoms with Crippen molar-refractivity contribution in [2.24, 2.45) is 0 Å². The fourth-order valence-electron chi connectivity index (χ4n) is 3.81. The van der Waals surface area contributed by atoms with E-state index in [2.05, 4.69) is 10.3 Å². The molecule has 1 aliphatic rings. The van der Waals surface area contributed by atoms with Gasteiger partial charge >= 0.3 is 0 Å². The Morgan fingerprint density at radius 3 is 2.34 bits per heavy atom. The maximum absolute atomic E-state index is 13.4. The number of nitrogens with one attached hydrogen (secondary N) is 1. The SMILES string of the molecule is CC(=O)N1CCN(C(=O)CN(Cc2ccccc2)C(=O)c2csc(Nc3ccccc3Cl)n2)CC1. The molecule has 1 aromatic heterocycles. The molecule has 35 heavy (non-hydrogen) atoms. The minimum absolute atomic E-state index is 0.00252. The Morgan fingerprint density at radius 2 is 1.66 bits per heavy atom. The summed E-state index contributed by atoms with van der Waals surface area (Å²) in [4.78, 5) is 47.5. The highest BCUT2D eigenvalue weighted by Crippen LogP contribution is 2.27. The summed E-state index contributed by atoms with van der Waals surface area (Å²) in [5.41, 5.74) is 1.87. The third-order valence-corrected chi connectivity index (χ3v) is 6.83. The maximum Gasteiger partial charge on any atom is 0.274 e. The van der Waals surface area contributed by atoms with Crippen LogP contribution in [0.15, 0.2) is 60.0 Å². The third kappa shape index (κ3) is 6.37. The van der Waals surface area contributed by atoms with Crippen LogP contribution in [0.4, 0.5) is 10.8 Å². The molecule has 2 heterocycles. The van der Waals surface area contributed by atoms with Gasteiger partial charge in [0.25, 0.3) is 5.91 Å². The molecular formula is C25H26ClN5O3S. The molecule has 0 atom stereocenters. The van der Waals surface area contributed by atoms with Gasteiger partial charge in [-0.2, -0.15) is 0 Å². The normalized spacial score (nSPS) is 13.4. The summed E-state index contributed by atoms with van der Waals surface area (Å²) < 4.78 is 0. The quantitative estimate of drug-likeness (QED) is 0.520. The first kappa shape index (κ1) is 24.7. The van der Waals surface area contributed by atoms with Gasteiger partial charge in [0.2, 0.25) is 11.8 Å². The molecule has 0 unspecified atom stereocenters. The summed E-state index contributed by atoms with van der Waals surface area (Å²) in [6.45, 7) is 3.64. The number of halogens is 1. The Hall–Kier alpha value is -3.43. The van der Waals surface area contributed by atoms with Crippen LogP contribution in [0.3, 0.4) is 0 Å². The van der Waals surface area contributed by atoms with E-state index in [4.69, 9.17) is 11.6 Å². The Bertz CT molecular complexity index is 1190. The van der Waals surface area contributed by atoms with Crippen molar-refractivity contribution >= 4 is 51.5 Å². The summed E-state index contributed by atoms with van der Waals surface area (Å²) in [5, 5.41) is 5.90. The number of hydrogen-bond acceptors (Lipinski definition) is 6. The zero-order valence-electron chi connectivity index (χ0n) is 19.3. The van der Waals surface area contributed by atoms with Gasteiger partial charge < -0.3 is 20.0 Å². The number of rotatable bonds is 7. The van der Waals surface area contributed by atoms with E-state index >= 15 is 0 Å². The van der Waals surface area contributed by atoms with Gasteiger partial charge in [0.05, 0.1) is 10.7 Å². The van der Waals surface area contributed by atoms with Crippen molar-refractivity contribution in [2.75, 3.05) is 38.0 Å². The van der Waals surface area contributed by atoms with Crippen molar-refractivity contribution in [3.63, 3.8) is 0 Å². The Labute approximate surface area is 213 Å². The monoisotopic (exact) mass is 511 g/mol. The van der Waals surface area contributed by atoms with Crippen LogP contribution in [0.2, 0.25) is 5.02 Å². The molecule has 0 radical (unpaired) electrons. The molecule has 1 saturated heterocycles. The number of nitrogens with zero attached hydrogens (tertiary/aromatic N) is 4. The molecule has 3 amide bonds. The van der Waals surface area contributed by atoms with Crippen LogP contribution in [-0.2, 0) is 16.1 Å². The van der Waals surface area contributed by atoms with Gasteiger partial charge in [-0.15, -0.1) is 11.3 Å². The molecule has 0 bridgehead atoms. The molecule has 4 rings (SSSR count). The summed E-state index contributed by atoms with van der Waals surface area (Å²) in [5.74, 6) is -0.474. The predicted molar refractivity (Wildman–Crippen MR) is 137 cm³/mol. The van der Waals surface area contributed by atoms with Crippen molar-refractivity contribution in [3.05, 3.63) is 76.3 Å². The van der Waals surface area contributed by atoms with E-state index in [-0.39, 0.29) is 36.5 Å². The molecular weight excluding hydrogens is 486 g/mol. The minimum Gasteiger partial charge on any atom is -0.339 e. The lowest BCUT2D eigenvalue weighted by molar-refractivity contribution is -0.138. The molecule has 10 heteroatoms. The number of carbonyl (C=O) groups is 3. The van der Waals surface area contributed by atoms with Gasteiger partial charge in [0, 0.05) is 45.0 Å². The van der Waals surface area contributed by atoms with E-state index in [1.165, 1.54) is 23.2 Å². The standard InChI is InChI=1S/C25H26ClN5O3S/c1-18(32)29-11-13-30(14-12-29)23(33)16-31(15-19-7-3-2-4-8-19)24(34)22-17-35-25(28-22)27-21-10-6-5-9-20(21)26/h2-10,17H,11-16H2,1H3,(H,27,28). The summed E-state index contributed by atoms with van der Waals surface area (Å²) in [7, 11) is 0. The van der Waals surface area contributed by atoms with E-state index in [0.717, 1.165) is 5.56 Å². The lowest BCUT2D eigenvalue weighted by atomic mass is 10.2. The highest BCUT2D eigenvalue weighted by molar-refractivity contribution is 7.14. The third-order valence-electron chi connectivity index (χ3n) is 5.75. The maximum atomic E-state index is 13.4. The Kier molecular flexibility index (Phi) is 7.99. The van der Waals surface area contributed by atoms with Crippen molar-refractivity contribution in [1.29, 1.82) is 0 Å². The smallest absolute Gasteiger partial charge is 0.274 e. The van der Waals surface area contributed by atoms with Crippen LogP contribution < -0.4 is 5.32 Å². The lowest BCUT2D eigenvalue weighted by Gasteiger charge is -2.35. The largest absolute Gasteiger partial charge is 0.339 e. The molecule has 2 aromatic carbocycles. The van der Waals surface area contributed by atoms with Crippen molar-refractivity contribution in [3.8, 4) is 0 Å². The fraction of sp³-hybridized carbons (Fsp3) is 0.280. The van der Waals surface area contributed by atoms with E-state index in [1.807, 2.05) is 48.5 Å². The van der Waals surface area contributed by atoms with E-state index in [1.54, 1.807) is 21.2 Å². The number of piperazine rings is 1. The Balaban J connectivity index is 1.48. The first-order chi connectivity index (χ1) is 16.9. The topological polar surface area (TPSA) is 85.9 Å². The van der Waals surface area contributed by atoms with Crippen molar-refractivity contribution < 1.29 is 14.4 Å². The zero-order valence-corrected chi connectivity index (χ0v) is 20.9. The molecule has 1 aliphatic heterocycles. The van der Waals surface area contributed by atoms with Crippen LogP contribution in [0.25, 0.3) is 0 Å². The first-order valence-corrected chi connectivity index (χ1v) is 12.5. The molecule has 1 N–H and O–H groups in total. The number of anilines is 2. The second-order valence-electron chi connectivity index (χ2n) is 8.18. The molecule has 1 fully saturated rings. The average molecular weight is 512 g/mol. The van der Waals surface area contributed by atoms with Gasteiger partial charge in [-0.3, -0.25) is 14.4 Å². The first-order valence-electron chi connectivity index (χ1n) is 11.2. The van der Waals surface area contributed by atoms with E-state index in [0.29, 0.717) is 42.0 Å². The lowest BCUT2D eigenvalue weighted by Crippen LogP contribution is -2.52. The molecule has 3 aromatic rings. The number of benzene rings is 2. The molecule has 0 saturated carbocycles. The average Bonchev–Trinajstić information content (AvgIpc) is 3.34. The van der Waals surface area contributed by atoms with Gasteiger partial charge in [-0.25, -0.2) is 4.98 Å². The van der Waals surface area contributed by atoms with Crippen molar-refractivity contribution in [2.45, 2.75) is 13.5 Å². The second kappa shape index (κ2) is 11.3. The molecule has 0 spiro atoms. The van der Waals surface area contributed by atoms with Gasteiger partial charge in [-0.1, -0.05) is 54.1 Å². The second-order valence-corrected chi connectivity index (χ2v) is 9.44. The van der Waals surface area contributed by atoms with Crippen LogP contribution in [0.1, 0.15) is 23.0 Å². The fourth-order valence-corrected chi connectivity index (χ4v) is 4.69. The van der Waals surface area contributed by atoms with Crippen LogP contribution in [0, 0.1) is 0 Å². The number of carbonyl (C=O) groups excluding carboxylic acids is 3. The molecule has 0 aliphatic carbocycles. The van der Waals surface area contributed by atoms with Crippen molar-refractivity contribution in [1.82, 2.24) is 19.7 Å². The number of aromatic nitrogens is 1. The van der Waals surface area contributed by atoms with Crippen LogP contribution in [-0.4, -0.2) is 70.1 Å². The van der Waals surface area contributed by atoms with Crippen LogP contribution in [0.5, 0.6) is 0 Å². The summed E-state index contributed by atoms with van der Waals surface area (Å²) in [6.07, 6.45) is 0. The van der Waals surface area contributed by atoms with Gasteiger partial charge in [0.1, 0.15) is 12.2 Å². The summed E-state index contributed by atoms with van der Waals surface area (Å²) in [6, 6.07) is 16.8. The highest BCUT2D eigenvalue weighted by atomic mass is 35.5. The number of para-hydroxylation sites is 1. The highest BCUT2D eigenvalue weighted by Gasteiger charge is 2.27. The van der Waals surface area contributed by atoms with E-state index in [9.17, 15) is 14.4 Å². The van der Waals surface area contributed by atoms with Gasteiger partial charge in [-0.05, 0) is 17.7 Å². The summed E-state index contributed by atoms with van der Waals surface area (Å²) >= 11 is 7.51. The minimum atomic E-state index is -0.326. The Morgan fingerprint density at radius 1 is 1.00 bits per heavy atom. The predicted octanol–water partition coefficient (Wildman–Crippen LogP) is 3.87. The number of hydrogen-bond donors (Lipinski definition) is 1. The molecule has 8 nitrogen and oxygen atoms in total. The number of amides is 3. The zero-order chi connectivity index (χ0) is 24.8. The van der Waals surface area contributed by atoms with Gasteiger partial charge in [0.15, 0.2) is 5.13 Å².